The lowest BCUT2D eigenvalue weighted by Crippen LogP contribution is -2.38. The number of hydrogen-bond acceptors (Lipinski definition) is 2. The van der Waals surface area contributed by atoms with Crippen LogP contribution in [0.2, 0.25) is 0 Å². The molecule has 1 aliphatic rings. The molecular weight excluding hydrogens is 216 g/mol. The summed E-state index contributed by atoms with van der Waals surface area (Å²) in [4.78, 5) is 17.1. The molecule has 2 N–H and O–H groups in total. The molecule has 2 heterocycles. The molecule has 94 valence electrons. The molecule has 1 fully saturated rings. The van der Waals surface area contributed by atoms with E-state index in [-0.39, 0.29) is 18.1 Å². The molecule has 2 unspecified atom stereocenters. The van der Waals surface area contributed by atoms with Crippen molar-refractivity contribution in [3.63, 3.8) is 0 Å². The molecule has 1 aromatic heterocycles. The predicted octanol–water partition coefficient (Wildman–Crippen LogP) is 1.32. The van der Waals surface area contributed by atoms with E-state index in [1.165, 1.54) is 0 Å². The molecule has 0 bridgehead atoms. The minimum absolute atomic E-state index is 0.163. The Morgan fingerprint density at radius 1 is 1.71 bits per heavy atom. The lowest BCUT2D eigenvalue weighted by molar-refractivity contribution is -0.131. The molecule has 4 heteroatoms. The molecule has 0 aromatic carbocycles. The van der Waals surface area contributed by atoms with Crippen molar-refractivity contribution in [1.29, 1.82) is 0 Å². The number of H-pyrrole nitrogens is 1. The molecule has 17 heavy (non-hydrogen) atoms. The molecule has 1 aromatic rings. The summed E-state index contributed by atoms with van der Waals surface area (Å²) in [6, 6.07) is 4.05. The maximum atomic E-state index is 12.1. The summed E-state index contributed by atoms with van der Waals surface area (Å²) in [7, 11) is 0. The average molecular weight is 236 g/mol. The zero-order valence-electron chi connectivity index (χ0n) is 10.2. The summed E-state index contributed by atoms with van der Waals surface area (Å²) in [5.41, 5.74) is 0.956. The molecule has 0 radical (unpaired) electrons. The number of aliphatic hydroxyl groups is 1. The van der Waals surface area contributed by atoms with Gasteiger partial charge >= 0.3 is 0 Å². The van der Waals surface area contributed by atoms with Crippen molar-refractivity contribution in [1.82, 2.24) is 9.88 Å². The van der Waals surface area contributed by atoms with E-state index in [1.807, 2.05) is 23.2 Å². The number of aromatic amines is 1. The van der Waals surface area contributed by atoms with Crippen LogP contribution in [0.1, 0.15) is 31.9 Å². The van der Waals surface area contributed by atoms with Gasteiger partial charge in [0.05, 0.1) is 12.5 Å². The van der Waals surface area contributed by atoms with Crippen LogP contribution in [0.5, 0.6) is 0 Å². The Morgan fingerprint density at radius 3 is 3.18 bits per heavy atom. The highest BCUT2D eigenvalue weighted by Crippen LogP contribution is 2.22. The van der Waals surface area contributed by atoms with Crippen molar-refractivity contribution in [2.24, 2.45) is 0 Å². The first-order valence-corrected chi connectivity index (χ1v) is 6.26. The summed E-state index contributed by atoms with van der Waals surface area (Å²) in [5.74, 6) is 0.163. The van der Waals surface area contributed by atoms with Crippen LogP contribution < -0.4 is 0 Å². The number of likely N-dealkylation sites (tertiary alicyclic amines) is 1. The standard InChI is InChI=1S/C13H20N2O2/c1-10(16)8-12-5-3-7-15(12)13(17)9-11-4-2-6-14-11/h2,4,6,10,12,14,16H,3,5,7-9H2,1H3. The van der Waals surface area contributed by atoms with Crippen LogP contribution in [-0.2, 0) is 11.2 Å². The van der Waals surface area contributed by atoms with Gasteiger partial charge in [-0.3, -0.25) is 4.79 Å². The van der Waals surface area contributed by atoms with Crippen LogP contribution in [0.4, 0.5) is 0 Å². The van der Waals surface area contributed by atoms with Crippen LogP contribution in [0.3, 0.4) is 0 Å². The summed E-state index contributed by atoms with van der Waals surface area (Å²) in [6.45, 7) is 2.61. The number of aromatic nitrogens is 1. The number of carbonyl (C=O) groups excluding carboxylic acids is 1. The molecule has 1 amide bonds. The topological polar surface area (TPSA) is 56.3 Å². The van der Waals surface area contributed by atoms with E-state index in [1.54, 1.807) is 6.92 Å². The molecule has 2 atom stereocenters. The van der Waals surface area contributed by atoms with E-state index in [2.05, 4.69) is 4.98 Å². The fourth-order valence-corrected chi connectivity index (χ4v) is 2.54. The maximum absolute atomic E-state index is 12.1. The van der Waals surface area contributed by atoms with Crippen molar-refractivity contribution in [3.05, 3.63) is 24.0 Å². The van der Waals surface area contributed by atoms with Crippen LogP contribution >= 0.6 is 0 Å². The van der Waals surface area contributed by atoms with Gasteiger partial charge in [0.1, 0.15) is 0 Å². The Labute approximate surface area is 102 Å². The van der Waals surface area contributed by atoms with E-state index < -0.39 is 0 Å². The van der Waals surface area contributed by atoms with Crippen LogP contribution in [0, 0.1) is 0 Å². The number of nitrogens with zero attached hydrogens (tertiary/aromatic N) is 1. The largest absolute Gasteiger partial charge is 0.393 e. The zero-order valence-corrected chi connectivity index (χ0v) is 10.2. The van der Waals surface area contributed by atoms with Gasteiger partial charge in [0.25, 0.3) is 0 Å². The van der Waals surface area contributed by atoms with Gasteiger partial charge in [0.2, 0.25) is 5.91 Å². The van der Waals surface area contributed by atoms with E-state index in [9.17, 15) is 9.90 Å². The van der Waals surface area contributed by atoms with Crippen molar-refractivity contribution < 1.29 is 9.90 Å². The Morgan fingerprint density at radius 2 is 2.53 bits per heavy atom. The number of amides is 1. The molecular formula is C13H20N2O2. The molecule has 1 saturated heterocycles. The van der Waals surface area contributed by atoms with E-state index in [0.717, 1.165) is 25.1 Å². The molecule has 0 aliphatic carbocycles. The fraction of sp³-hybridized carbons (Fsp3) is 0.615. The second kappa shape index (κ2) is 5.36. The van der Waals surface area contributed by atoms with Gasteiger partial charge in [-0.2, -0.15) is 0 Å². The summed E-state index contributed by atoms with van der Waals surface area (Å²) in [6.07, 6.45) is 4.69. The first-order valence-electron chi connectivity index (χ1n) is 6.26. The normalized spacial score (nSPS) is 21.8. The first kappa shape index (κ1) is 12.2. The lowest BCUT2D eigenvalue weighted by Gasteiger charge is -2.25. The third-order valence-corrected chi connectivity index (χ3v) is 3.31. The molecule has 4 nitrogen and oxygen atoms in total. The lowest BCUT2D eigenvalue weighted by atomic mass is 10.1. The fourth-order valence-electron chi connectivity index (χ4n) is 2.54. The second-order valence-electron chi connectivity index (χ2n) is 4.84. The highest BCUT2D eigenvalue weighted by atomic mass is 16.3. The number of nitrogens with one attached hydrogen (secondary N) is 1. The van der Waals surface area contributed by atoms with Gasteiger partial charge in [-0.1, -0.05) is 0 Å². The van der Waals surface area contributed by atoms with E-state index in [0.29, 0.717) is 12.8 Å². The molecule has 0 saturated carbocycles. The van der Waals surface area contributed by atoms with Crippen molar-refractivity contribution >= 4 is 5.91 Å². The summed E-state index contributed by atoms with van der Waals surface area (Å²) >= 11 is 0. The number of aliphatic hydroxyl groups excluding tert-OH is 1. The zero-order chi connectivity index (χ0) is 12.3. The number of carbonyl (C=O) groups is 1. The quantitative estimate of drug-likeness (QED) is 0.828. The SMILES string of the molecule is CC(O)CC1CCCN1C(=O)Cc1ccc[nH]1. The maximum Gasteiger partial charge on any atom is 0.228 e. The minimum Gasteiger partial charge on any atom is -0.393 e. The van der Waals surface area contributed by atoms with Gasteiger partial charge in [0, 0.05) is 24.5 Å². The van der Waals surface area contributed by atoms with Gasteiger partial charge in [-0.15, -0.1) is 0 Å². The van der Waals surface area contributed by atoms with Crippen molar-refractivity contribution in [3.8, 4) is 0 Å². The second-order valence-corrected chi connectivity index (χ2v) is 4.84. The monoisotopic (exact) mass is 236 g/mol. The molecule has 2 rings (SSSR count). The van der Waals surface area contributed by atoms with Gasteiger partial charge < -0.3 is 15.0 Å². The highest BCUT2D eigenvalue weighted by Gasteiger charge is 2.29. The molecule has 0 spiro atoms. The van der Waals surface area contributed by atoms with Crippen molar-refractivity contribution in [2.75, 3.05) is 6.54 Å². The Bertz CT molecular complexity index is 360. The Hall–Kier alpha value is -1.29. The van der Waals surface area contributed by atoms with Gasteiger partial charge in [-0.05, 0) is 38.3 Å². The number of rotatable bonds is 4. The van der Waals surface area contributed by atoms with E-state index in [4.69, 9.17) is 0 Å². The van der Waals surface area contributed by atoms with Crippen molar-refractivity contribution in [2.45, 2.75) is 44.8 Å². The van der Waals surface area contributed by atoms with Crippen LogP contribution in [0.25, 0.3) is 0 Å². The van der Waals surface area contributed by atoms with E-state index >= 15 is 0 Å². The number of hydrogen-bond donors (Lipinski definition) is 2. The first-order chi connectivity index (χ1) is 8.16. The third-order valence-electron chi connectivity index (χ3n) is 3.31. The average Bonchev–Trinajstić information content (AvgIpc) is 2.87. The molecule has 1 aliphatic heterocycles. The third kappa shape index (κ3) is 3.09. The Balaban J connectivity index is 1.93. The predicted molar refractivity (Wildman–Crippen MR) is 65.5 cm³/mol. The summed E-state index contributed by atoms with van der Waals surface area (Å²) < 4.78 is 0. The summed E-state index contributed by atoms with van der Waals surface area (Å²) in [5, 5.41) is 9.42. The highest BCUT2D eigenvalue weighted by molar-refractivity contribution is 5.79. The van der Waals surface area contributed by atoms with Crippen LogP contribution in [0.15, 0.2) is 18.3 Å². The minimum atomic E-state index is -0.334. The van der Waals surface area contributed by atoms with Crippen LogP contribution in [-0.4, -0.2) is 39.6 Å². The Kier molecular flexibility index (Phi) is 3.84. The smallest absolute Gasteiger partial charge is 0.228 e. The van der Waals surface area contributed by atoms with Gasteiger partial charge in [-0.25, -0.2) is 0 Å². The van der Waals surface area contributed by atoms with Gasteiger partial charge in [0.15, 0.2) is 0 Å².